The van der Waals surface area contributed by atoms with E-state index < -0.39 is 0 Å². The van der Waals surface area contributed by atoms with Crippen LogP contribution in [0.4, 0.5) is 0 Å². The molecule has 0 N–H and O–H groups in total. The van der Waals surface area contributed by atoms with E-state index in [2.05, 4.69) is 11.9 Å². The zero-order valence-electron chi connectivity index (χ0n) is 14.7. The number of rotatable bonds is 2. The van der Waals surface area contributed by atoms with Crippen LogP contribution in [-0.2, 0) is 0 Å². The largest absolute Gasteiger partial charge is 0.336 e. The maximum absolute atomic E-state index is 13.4. The Kier molecular flexibility index (Phi) is 4.60. The molecule has 1 fully saturated rings. The van der Waals surface area contributed by atoms with E-state index in [1.54, 1.807) is 12.4 Å². The van der Waals surface area contributed by atoms with Crippen molar-refractivity contribution >= 4 is 28.4 Å². The SMILES string of the molecule is C[C@H]1CCCCN1C(=O)c1cc(-c2cccnc2)nc2ccc(Cl)cc12. The van der Waals surface area contributed by atoms with Crippen LogP contribution in [0.5, 0.6) is 0 Å². The van der Waals surface area contributed by atoms with Gasteiger partial charge in [0.25, 0.3) is 5.91 Å². The van der Waals surface area contributed by atoms with Gasteiger partial charge >= 0.3 is 0 Å². The Hall–Kier alpha value is -2.46. The number of amides is 1. The minimum atomic E-state index is 0.0528. The third-order valence-corrected chi connectivity index (χ3v) is 5.26. The number of halogens is 1. The Bertz CT molecular complexity index is 958. The fourth-order valence-electron chi connectivity index (χ4n) is 3.59. The van der Waals surface area contributed by atoms with Crippen LogP contribution in [0.3, 0.4) is 0 Å². The molecule has 3 heterocycles. The number of likely N-dealkylation sites (tertiary alicyclic amines) is 1. The molecule has 0 saturated carbocycles. The molecule has 0 spiro atoms. The van der Waals surface area contributed by atoms with Crippen LogP contribution in [0.15, 0.2) is 48.8 Å². The van der Waals surface area contributed by atoms with Gasteiger partial charge in [-0.2, -0.15) is 0 Å². The lowest BCUT2D eigenvalue weighted by molar-refractivity contribution is 0.0637. The van der Waals surface area contributed by atoms with E-state index in [1.807, 2.05) is 41.3 Å². The molecule has 1 aromatic carbocycles. The number of pyridine rings is 2. The number of hydrogen-bond acceptors (Lipinski definition) is 3. The van der Waals surface area contributed by atoms with Crippen molar-refractivity contribution in [2.75, 3.05) is 6.54 Å². The summed E-state index contributed by atoms with van der Waals surface area (Å²) in [6, 6.07) is 11.5. The summed E-state index contributed by atoms with van der Waals surface area (Å²) < 4.78 is 0. The molecule has 1 aliphatic rings. The van der Waals surface area contributed by atoms with Crippen molar-refractivity contribution < 1.29 is 4.79 Å². The lowest BCUT2D eigenvalue weighted by atomic mass is 9.99. The molecule has 1 aliphatic heterocycles. The van der Waals surface area contributed by atoms with Gasteiger partial charge in [0.15, 0.2) is 0 Å². The number of fused-ring (bicyclic) bond motifs is 1. The molecule has 1 saturated heterocycles. The molecule has 4 nitrogen and oxygen atoms in total. The number of hydrogen-bond donors (Lipinski definition) is 0. The smallest absolute Gasteiger partial charge is 0.254 e. The molecule has 0 bridgehead atoms. The van der Waals surface area contributed by atoms with Crippen molar-refractivity contribution in [1.82, 2.24) is 14.9 Å². The average molecular weight is 366 g/mol. The van der Waals surface area contributed by atoms with Gasteiger partial charge in [0.05, 0.1) is 16.8 Å². The van der Waals surface area contributed by atoms with Gasteiger partial charge in [-0.05, 0) is 62.6 Å². The van der Waals surface area contributed by atoms with Crippen molar-refractivity contribution in [3.63, 3.8) is 0 Å². The van der Waals surface area contributed by atoms with Crippen molar-refractivity contribution in [3.05, 3.63) is 59.4 Å². The quantitative estimate of drug-likeness (QED) is 0.644. The average Bonchev–Trinajstić information content (AvgIpc) is 2.68. The molecule has 132 valence electrons. The molecular weight excluding hydrogens is 346 g/mol. The summed E-state index contributed by atoms with van der Waals surface area (Å²) in [5, 5.41) is 1.40. The van der Waals surface area contributed by atoms with Gasteiger partial charge < -0.3 is 4.90 Å². The molecule has 2 aromatic heterocycles. The number of aromatic nitrogens is 2. The van der Waals surface area contributed by atoms with E-state index in [9.17, 15) is 4.79 Å². The maximum Gasteiger partial charge on any atom is 0.254 e. The molecule has 1 amide bonds. The van der Waals surface area contributed by atoms with Gasteiger partial charge in [-0.25, -0.2) is 4.98 Å². The third-order valence-electron chi connectivity index (χ3n) is 5.02. The van der Waals surface area contributed by atoms with Gasteiger partial charge in [0, 0.05) is 41.0 Å². The topological polar surface area (TPSA) is 46.1 Å². The molecule has 0 aliphatic carbocycles. The summed E-state index contributed by atoms with van der Waals surface area (Å²) in [5.74, 6) is 0.0528. The van der Waals surface area contributed by atoms with Crippen LogP contribution in [0.1, 0.15) is 36.5 Å². The summed E-state index contributed by atoms with van der Waals surface area (Å²) in [6.07, 6.45) is 6.77. The second-order valence-electron chi connectivity index (χ2n) is 6.80. The zero-order valence-corrected chi connectivity index (χ0v) is 15.4. The van der Waals surface area contributed by atoms with Crippen LogP contribution in [-0.4, -0.2) is 33.4 Å². The first-order valence-electron chi connectivity index (χ1n) is 8.95. The Morgan fingerprint density at radius 1 is 1.23 bits per heavy atom. The van der Waals surface area contributed by atoms with Gasteiger partial charge in [-0.15, -0.1) is 0 Å². The standard InChI is InChI=1S/C21H20ClN3O/c1-14-5-2-3-10-25(14)21(26)18-12-20(15-6-4-9-23-13-15)24-19-8-7-16(22)11-17(18)19/h4,6-9,11-14H,2-3,5,10H2,1H3/t14-/m0/s1. The van der Waals surface area contributed by atoms with Gasteiger partial charge in [-0.1, -0.05) is 11.6 Å². The molecule has 5 heteroatoms. The predicted octanol–water partition coefficient (Wildman–Crippen LogP) is 4.96. The summed E-state index contributed by atoms with van der Waals surface area (Å²) in [4.78, 5) is 24.2. The summed E-state index contributed by atoms with van der Waals surface area (Å²) >= 11 is 6.20. The number of carbonyl (C=O) groups is 1. The first-order valence-corrected chi connectivity index (χ1v) is 9.33. The Balaban J connectivity index is 1.88. The molecule has 1 atom stereocenters. The molecule has 0 unspecified atom stereocenters. The molecule has 26 heavy (non-hydrogen) atoms. The van der Waals surface area contributed by atoms with Crippen molar-refractivity contribution in [3.8, 4) is 11.3 Å². The normalized spacial score (nSPS) is 17.5. The molecule has 4 rings (SSSR count). The maximum atomic E-state index is 13.4. The minimum Gasteiger partial charge on any atom is -0.336 e. The minimum absolute atomic E-state index is 0.0528. The van der Waals surface area contributed by atoms with Crippen LogP contribution >= 0.6 is 11.6 Å². The van der Waals surface area contributed by atoms with E-state index in [4.69, 9.17) is 16.6 Å². The highest BCUT2D eigenvalue weighted by atomic mass is 35.5. The second kappa shape index (κ2) is 7.04. The number of piperidine rings is 1. The lowest BCUT2D eigenvalue weighted by Gasteiger charge is -2.33. The van der Waals surface area contributed by atoms with Gasteiger partial charge in [0.2, 0.25) is 0 Å². The Morgan fingerprint density at radius 3 is 2.88 bits per heavy atom. The van der Waals surface area contributed by atoms with Crippen molar-refractivity contribution in [1.29, 1.82) is 0 Å². The number of carbonyl (C=O) groups excluding carboxylic acids is 1. The highest BCUT2D eigenvalue weighted by molar-refractivity contribution is 6.31. The lowest BCUT2D eigenvalue weighted by Crippen LogP contribution is -2.42. The van der Waals surface area contributed by atoms with Crippen molar-refractivity contribution in [2.45, 2.75) is 32.2 Å². The third kappa shape index (κ3) is 3.17. The van der Waals surface area contributed by atoms with Crippen molar-refractivity contribution in [2.24, 2.45) is 0 Å². The summed E-state index contributed by atoms with van der Waals surface area (Å²) in [7, 11) is 0. The van der Waals surface area contributed by atoms with E-state index in [1.165, 1.54) is 6.42 Å². The Labute approximate surface area is 157 Å². The fraction of sp³-hybridized carbons (Fsp3) is 0.286. The predicted molar refractivity (Wildman–Crippen MR) is 104 cm³/mol. The van der Waals surface area contributed by atoms with E-state index in [0.29, 0.717) is 10.6 Å². The molecule has 0 radical (unpaired) electrons. The number of benzene rings is 1. The van der Waals surface area contributed by atoms with Crippen LogP contribution < -0.4 is 0 Å². The van der Waals surface area contributed by atoms with Crippen LogP contribution in [0.25, 0.3) is 22.2 Å². The van der Waals surface area contributed by atoms with E-state index in [-0.39, 0.29) is 11.9 Å². The highest BCUT2D eigenvalue weighted by Gasteiger charge is 2.26. The van der Waals surface area contributed by atoms with Gasteiger partial charge in [0.1, 0.15) is 0 Å². The monoisotopic (exact) mass is 365 g/mol. The van der Waals surface area contributed by atoms with E-state index in [0.717, 1.165) is 41.5 Å². The number of nitrogens with zero attached hydrogens (tertiary/aromatic N) is 3. The zero-order chi connectivity index (χ0) is 18.1. The van der Waals surface area contributed by atoms with Crippen LogP contribution in [0, 0.1) is 0 Å². The molecule has 3 aromatic rings. The fourth-order valence-corrected chi connectivity index (χ4v) is 3.76. The van der Waals surface area contributed by atoms with Gasteiger partial charge in [-0.3, -0.25) is 9.78 Å². The van der Waals surface area contributed by atoms with E-state index >= 15 is 0 Å². The second-order valence-corrected chi connectivity index (χ2v) is 7.24. The summed E-state index contributed by atoms with van der Waals surface area (Å²) in [5.41, 5.74) is 3.07. The molecular formula is C21H20ClN3O. The first-order chi connectivity index (χ1) is 12.6. The first kappa shape index (κ1) is 17.0. The van der Waals surface area contributed by atoms with Crippen LogP contribution in [0.2, 0.25) is 5.02 Å². The Morgan fingerprint density at radius 2 is 2.12 bits per heavy atom. The highest BCUT2D eigenvalue weighted by Crippen LogP contribution is 2.29. The summed E-state index contributed by atoms with van der Waals surface area (Å²) in [6.45, 7) is 2.92.